The van der Waals surface area contributed by atoms with E-state index in [0.717, 1.165) is 18.3 Å². The number of rotatable bonds is 1. The molecule has 1 nitrogen and oxygen atoms in total. The van der Waals surface area contributed by atoms with Crippen LogP contribution in [-0.2, 0) is 0 Å². The Morgan fingerprint density at radius 1 is 1.32 bits per heavy atom. The van der Waals surface area contributed by atoms with Gasteiger partial charge in [0, 0.05) is 0 Å². The molecule has 22 heavy (non-hydrogen) atoms. The van der Waals surface area contributed by atoms with Crippen molar-refractivity contribution in [1.82, 2.24) is 0 Å². The Kier molecular flexibility index (Phi) is 4.00. The lowest BCUT2D eigenvalue weighted by molar-refractivity contribution is 0.00966. The van der Waals surface area contributed by atoms with Crippen molar-refractivity contribution in [3.05, 3.63) is 22.8 Å². The minimum atomic E-state index is -0.0975. The summed E-state index contributed by atoms with van der Waals surface area (Å²) in [6, 6.07) is 2.72. The third kappa shape index (κ3) is 2.36. The third-order valence-electron chi connectivity index (χ3n) is 6.94. The highest BCUT2D eigenvalue weighted by molar-refractivity contribution is 5.32. The number of hydrogen-bond acceptors (Lipinski definition) is 1. The molecule has 3 rings (SSSR count). The second-order valence-corrected chi connectivity index (χ2v) is 8.70. The van der Waals surface area contributed by atoms with Crippen LogP contribution in [0.5, 0.6) is 0 Å². The van der Waals surface area contributed by atoms with E-state index in [0.29, 0.717) is 17.8 Å². The molecule has 120 valence electrons. The van der Waals surface area contributed by atoms with Crippen LogP contribution in [0, 0.1) is 46.3 Å². The van der Waals surface area contributed by atoms with Crippen molar-refractivity contribution in [1.29, 1.82) is 5.26 Å². The van der Waals surface area contributed by atoms with Gasteiger partial charge in [0.25, 0.3) is 0 Å². The van der Waals surface area contributed by atoms with Gasteiger partial charge in [-0.05, 0) is 89.4 Å². The predicted molar refractivity (Wildman–Crippen MR) is 92.1 cm³/mol. The van der Waals surface area contributed by atoms with Gasteiger partial charge < -0.3 is 0 Å². The van der Waals surface area contributed by atoms with Gasteiger partial charge in [-0.1, -0.05) is 29.7 Å². The van der Waals surface area contributed by atoms with Crippen molar-refractivity contribution >= 4 is 0 Å². The lowest BCUT2D eigenvalue weighted by Gasteiger charge is -2.56. The monoisotopic (exact) mass is 297 g/mol. The van der Waals surface area contributed by atoms with Crippen LogP contribution in [0.25, 0.3) is 0 Å². The van der Waals surface area contributed by atoms with E-state index in [1.54, 1.807) is 11.1 Å². The Balaban J connectivity index is 2.08. The summed E-state index contributed by atoms with van der Waals surface area (Å²) in [6.45, 7) is 11.5. The van der Waals surface area contributed by atoms with Crippen LogP contribution in [0.4, 0.5) is 0 Å². The molecule has 0 unspecified atom stereocenters. The van der Waals surface area contributed by atoms with Crippen LogP contribution < -0.4 is 0 Å². The standard InChI is InChI=1S/C21H31N/c1-13(2)10-16-11-15(4)17-8-9-21(5,12-22)18-7-6-14(3)19(16)20(17)18/h10,15-18,20H,6-9,11H2,1-5H3/t15-,16-,17+,18-,20+,21+/m0/s1. The fourth-order valence-electron chi connectivity index (χ4n) is 5.88. The molecule has 0 N–H and O–H groups in total. The first-order valence-corrected chi connectivity index (χ1v) is 9.13. The van der Waals surface area contributed by atoms with E-state index in [1.165, 1.54) is 31.3 Å². The Hall–Kier alpha value is -1.03. The van der Waals surface area contributed by atoms with Gasteiger partial charge in [0.1, 0.15) is 0 Å². The smallest absolute Gasteiger partial charge is 0.0689 e. The zero-order valence-corrected chi connectivity index (χ0v) is 14.9. The van der Waals surface area contributed by atoms with Gasteiger partial charge in [0.05, 0.1) is 11.5 Å². The summed E-state index contributed by atoms with van der Waals surface area (Å²) in [7, 11) is 0. The molecule has 0 radical (unpaired) electrons. The van der Waals surface area contributed by atoms with Crippen LogP contribution >= 0.6 is 0 Å². The minimum Gasteiger partial charge on any atom is -0.198 e. The van der Waals surface area contributed by atoms with Crippen molar-refractivity contribution in [2.45, 2.75) is 66.7 Å². The molecule has 2 fully saturated rings. The predicted octanol–water partition coefficient (Wildman–Crippen LogP) is 5.89. The van der Waals surface area contributed by atoms with Crippen LogP contribution in [-0.4, -0.2) is 0 Å². The average molecular weight is 297 g/mol. The molecule has 0 saturated heterocycles. The fourth-order valence-corrected chi connectivity index (χ4v) is 5.88. The van der Waals surface area contributed by atoms with Crippen LogP contribution in [0.2, 0.25) is 0 Å². The van der Waals surface area contributed by atoms with Crippen LogP contribution in [0.3, 0.4) is 0 Å². The van der Waals surface area contributed by atoms with Crippen molar-refractivity contribution in [3.8, 4) is 6.07 Å². The van der Waals surface area contributed by atoms with Gasteiger partial charge >= 0.3 is 0 Å². The summed E-state index contributed by atoms with van der Waals surface area (Å²) in [5.41, 5.74) is 4.72. The maximum absolute atomic E-state index is 9.82. The van der Waals surface area contributed by atoms with E-state index in [1.807, 2.05) is 0 Å². The van der Waals surface area contributed by atoms with E-state index in [-0.39, 0.29) is 5.41 Å². The average Bonchev–Trinajstić information content (AvgIpc) is 2.45. The summed E-state index contributed by atoms with van der Waals surface area (Å²) < 4.78 is 0. The molecule has 3 aliphatic carbocycles. The zero-order valence-electron chi connectivity index (χ0n) is 14.9. The van der Waals surface area contributed by atoms with Crippen LogP contribution in [0.1, 0.15) is 66.7 Å². The summed E-state index contributed by atoms with van der Waals surface area (Å²) in [5.74, 6) is 3.51. The zero-order chi connectivity index (χ0) is 16.1. The second kappa shape index (κ2) is 5.55. The fraction of sp³-hybridized carbons (Fsp3) is 0.762. The number of nitrogens with zero attached hydrogens (tertiary/aromatic N) is 1. The van der Waals surface area contributed by atoms with Crippen molar-refractivity contribution < 1.29 is 0 Å². The molecular weight excluding hydrogens is 266 g/mol. The van der Waals surface area contributed by atoms with Gasteiger partial charge in [0.15, 0.2) is 0 Å². The number of nitriles is 1. The molecule has 0 aromatic rings. The molecule has 0 amide bonds. The summed E-state index contributed by atoms with van der Waals surface area (Å²) in [6.07, 6.45) is 8.63. The van der Waals surface area contributed by atoms with Gasteiger partial charge in [-0.2, -0.15) is 5.26 Å². The SMILES string of the molecule is CC(C)=C[C@H]1C[C@H](C)[C@H]2CC[C@](C)(C#N)[C@H]3CCC(C)=C1[C@H]23. The van der Waals surface area contributed by atoms with Crippen molar-refractivity contribution in [3.63, 3.8) is 0 Å². The van der Waals surface area contributed by atoms with E-state index in [4.69, 9.17) is 0 Å². The Labute approximate surface area is 136 Å². The van der Waals surface area contributed by atoms with Crippen LogP contribution in [0.15, 0.2) is 22.8 Å². The molecule has 3 aliphatic rings. The molecule has 0 aliphatic heterocycles. The maximum atomic E-state index is 9.82. The number of allylic oxidation sites excluding steroid dienone is 4. The summed E-state index contributed by atoms with van der Waals surface area (Å²) in [5, 5.41) is 9.82. The quantitative estimate of drug-likeness (QED) is 0.553. The summed E-state index contributed by atoms with van der Waals surface area (Å²) in [4.78, 5) is 0. The number of hydrogen-bond donors (Lipinski definition) is 0. The molecule has 2 saturated carbocycles. The van der Waals surface area contributed by atoms with Crippen molar-refractivity contribution in [2.75, 3.05) is 0 Å². The lowest BCUT2D eigenvalue weighted by Crippen LogP contribution is -2.49. The van der Waals surface area contributed by atoms with E-state index in [9.17, 15) is 5.26 Å². The van der Waals surface area contributed by atoms with E-state index < -0.39 is 0 Å². The highest BCUT2D eigenvalue weighted by Gasteiger charge is 2.53. The van der Waals surface area contributed by atoms with E-state index >= 15 is 0 Å². The lowest BCUT2D eigenvalue weighted by atomic mass is 9.48. The van der Waals surface area contributed by atoms with Gasteiger partial charge in [0.2, 0.25) is 0 Å². The minimum absolute atomic E-state index is 0.0975. The normalized spacial score (nSPS) is 44.1. The molecule has 1 heteroatoms. The molecule has 0 aromatic heterocycles. The second-order valence-electron chi connectivity index (χ2n) is 8.70. The van der Waals surface area contributed by atoms with Crippen molar-refractivity contribution in [2.24, 2.45) is 35.0 Å². The first kappa shape index (κ1) is 15.9. The van der Waals surface area contributed by atoms with E-state index in [2.05, 4.69) is 46.8 Å². The third-order valence-corrected chi connectivity index (χ3v) is 6.94. The molecule has 0 heterocycles. The van der Waals surface area contributed by atoms with Gasteiger partial charge in [-0.3, -0.25) is 0 Å². The van der Waals surface area contributed by atoms with Gasteiger partial charge in [-0.25, -0.2) is 0 Å². The Morgan fingerprint density at radius 2 is 2.05 bits per heavy atom. The topological polar surface area (TPSA) is 23.8 Å². The molecule has 6 atom stereocenters. The highest BCUT2D eigenvalue weighted by Crippen LogP contribution is 2.60. The largest absolute Gasteiger partial charge is 0.198 e. The molecule has 0 aromatic carbocycles. The molecular formula is C21H31N. The Morgan fingerprint density at radius 3 is 2.68 bits per heavy atom. The van der Waals surface area contributed by atoms with Gasteiger partial charge in [-0.15, -0.1) is 0 Å². The highest BCUT2D eigenvalue weighted by atomic mass is 14.6. The first-order valence-electron chi connectivity index (χ1n) is 9.13. The molecule has 0 spiro atoms. The Bertz CT molecular complexity index is 557. The first-order chi connectivity index (χ1) is 10.4. The molecule has 0 bridgehead atoms. The summed E-state index contributed by atoms with van der Waals surface area (Å²) >= 11 is 0. The maximum Gasteiger partial charge on any atom is 0.0689 e.